The van der Waals surface area contributed by atoms with Gasteiger partial charge < -0.3 is 9.80 Å². The van der Waals surface area contributed by atoms with Crippen LogP contribution < -0.4 is 4.90 Å². The van der Waals surface area contributed by atoms with Crippen LogP contribution >= 0.6 is 0 Å². The maximum absolute atomic E-state index is 12.8. The number of hydrogen-bond acceptors (Lipinski definition) is 2. The molecule has 0 spiro atoms. The van der Waals surface area contributed by atoms with Crippen molar-refractivity contribution in [3.05, 3.63) is 42.0 Å². The molecule has 0 N–H and O–H groups in total. The minimum atomic E-state index is 0.0624. The highest BCUT2D eigenvalue weighted by atomic mass is 16.2. The van der Waals surface area contributed by atoms with Crippen molar-refractivity contribution in [2.24, 2.45) is 5.92 Å². The molecule has 0 aromatic heterocycles. The second kappa shape index (κ2) is 7.44. The highest BCUT2D eigenvalue weighted by Gasteiger charge is 2.27. The SMILES string of the molecule is CC(C)N(C(=O)C1CC=CC1)c1ccc(CC(=O)N(C)C)cc1. The number of likely N-dealkylation sites (N-methyl/N-ethyl adjacent to an activating group) is 1. The molecule has 0 unspecified atom stereocenters. The van der Waals surface area contributed by atoms with E-state index in [1.54, 1.807) is 19.0 Å². The fourth-order valence-corrected chi connectivity index (χ4v) is 2.80. The fourth-order valence-electron chi connectivity index (χ4n) is 2.80. The van der Waals surface area contributed by atoms with Crippen molar-refractivity contribution in [2.45, 2.75) is 39.2 Å². The normalized spacial score (nSPS) is 14.3. The Bertz CT molecular complexity index is 580. The van der Waals surface area contributed by atoms with Crippen molar-refractivity contribution in [2.75, 3.05) is 19.0 Å². The van der Waals surface area contributed by atoms with Gasteiger partial charge in [-0.15, -0.1) is 0 Å². The molecular formula is C19H26N2O2. The summed E-state index contributed by atoms with van der Waals surface area (Å²) < 4.78 is 0. The topological polar surface area (TPSA) is 40.6 Å². The minimum absolute atomic E-state index is 0.0624. The first-order chi connectivity index (χ1) is 10.9. The second-order valence-corrected chi connectivity index (χ2v) is 6.57. The molecule has 0 saturated heterocycles. The maximum atomic E-state index is 12.8. The lowest BCUT2D eigenvalue weighted by Crippen LogP contribution is -2.40. The maximum Gasteiger partial charge on any atom is 0.230 e. The number of rotatable bonds is 5. The molecule has 1 aromatic rings. The number of benzene rings is 1. The summed E-state index contributed by atoms with van der Waals surface area (Å²) in [6, 6.07) is 7.87. The third kappa shape index (κ3) is 4.21. The number of carbonyl (C=O) groups excluding carboxylic acids is 2. The van der Waals surface area contributed by atoms with E-state index in [9.17, 15) is 9.59 Å². The zero-order valence-corrected chi connectivity index (χ0v) is 14.5. The van der Waals surface area contributed by atoms with Crippen LogP contribution in [0.15, 0.2) is 36.4 Å². The summed E-state index contributed by atoms with van der Waals surface area (Å²) in [5.41, 5.74) is 1.86. The zero-order valence-electron chi connectivity index (χ0n) is 14.5. The summed E-state index contributed by atoms with van der Waals surface area (Å²) in [4.78, 5) is 28.0. The van der Waals surface area contributed by atoms with Crippen molar-refractivity contribution in [1.82, 2.24) is 4.90 Å². The number of amides is 2. The number of allylic oxidation sites excluding steroid dienone is 2. The molecular weight excluding hydrogens is 288 g/mol. The molecule has 1 aliphatic carbocycles. The summed E-state index contributed by atoms with van der Waals surface area (Å²) in [6.45, 7) is 4.06. The Kier molecular flexibility index (Phi) is 5.59. The van der Waals surface area contributed by atoms with E-state index >= 15 is 0 Å². The van der Waals surface area contributed by atoms with Crippen LogP contribution in [0.25, 0.3) is 0 Å². The van der Waals surface area contributed by atoms with Gasteiger partial charge in [0.05, 0.1) is 6.42 Å². The van der Waals surface area contributed by atoms with E-state index in [1.807, 2.05) is 43.0 Å². The molecule has 0 atom stereocenters. The number of anilines is 1. The first kappa shape index (κ1) is 17.3. The number of hydrogen-bond donors (Lipinski definition) is 0. The van der Waals surface area contributed by atoms with Crippen molar-refractivity contribution >= 4 is 17.5 Å². The largest absolute Gasteiger partial charge is 0.349 e. The van der Waals surface area contributed by atoms with E-state index in [0.29, 0.717) is 6.42 Å². The molecule has 0 fully saturated rings. The standard InChI is InChI=1S/C19H26N2O2/c1-14(2)21(19(23)16-7-5-6-8-16)17-11-9-15(10-12-17)13-18(22)20(3)4/h5-6,9-12,14,16H,7-8,13H2,1-4H3. The van der Waals surface area contributed by atoms with E-state index in [-0.39, 0.29) is 23.8 Å². The lowest BCUT2D eigenvalue weighted by Gasteiger charge is -2.29. The second-order valence-electron chi connectivity index (χ2n) is 6.57. The predicted octanol–water partition coefficient (Wildman–Crippen LogP) is 3.02. The van der Waals surface area contributed by atoms with E-state index in [4.69, 9.17) is 0 Å². The van der Waals surface area contributed by atoms with Crippen LogP contribution in [0.1, 0.15) is 32.3 Å². The lowest BCUT2D eigenvalue weighted by atomic mass is 10.0. The van der Waals surface area contributed by atoms with Crippen molar-refractivity contribution in [3.63, 3.8) is 0 Å². The molecule has 0 saturated carbocycles. The van der Waals surface area contributed by atoms with Gasteiger partial charge in [-0.2, -0.15) is 0 Å². The first-order valence-electron chi connectivity index (χ1n) is 8.17. The van der Waals surface area contributed by atoms with Gasteiger partial charge in [-0.25, -0.2) is 0 Å². The minimum Gasteiger partial charge on any atom is -0.349 e. The third-order valence-corrected chi connectivity index (χ3v) is 4.18. The van der Waals surface area contributed by atoms with Crippen molar-refractivity contribution in [1.29, 1.82) is 0 Å². The van der Waals surface area contributed by atoms with Gasteiger partial charge >= 0.3 is 0 Å². The molecule has 0 radical (unpaired) electrons. The lowest BCUT2D eigenvalue weighted by molar-refractivity contribution is -0.128. The fraction of sp³-hybridized carbons (Fsp3) is 0.474. The molecule has 1 aliphatic rings. The quantitative estimate of drug-likeness (QED) is 0.784. The molecule has 2 rings (SSSR count). The Labute approximate surface area is 138 Å². The Morgan fingerprint density at radius 2 is 1.65 bits per heavy atom. The van der Waals surface area contributed by atoms with Crippen LogP contribution in [-0.4, -0.2) is 36.9 Å². The van der Waals surface area contributed by atoms with Gasteiger partial charge in [0, 0.05) is 31.7 Å². The predicted molar refractivity (Wildman–Crippen MR) is 93.3 cm³/mol. The van der Waals surface area contributed by atoms with Gasteiger partial charge in [0.15, 0.2) is 0 Å². The molecule has 0 aliphatic heterocycles. The van der Waals surface area contributed by atoms with Crippen LogP contribution in [0.5, 0.6) is 0 Å². The Morgan fingerprint density at radius 3 is 2.13 bits per heavy atom. The van der Waals surface area contributed by atoms with Gasteiger partial charge in [-0.05, 0) is 44.4 Å². The highest BCUT2D eigenvalue weighted by Crippen LogP contribution is 2.26. The monoisotopic (exact) mass is 314 g/mol. The Balaban J connectivity index is 2.13. The first-order valence-corrected chi connectivity index (χ1v) is 8.17. The molecule has 1 aromatic carbocycles. The van der Waals surface area contributed by atoms with Gasteiger partial charge in [0.2, 0.25) is 11.8 Å². The molecule has 4 heteroatoms. The highest BCUT2D eigenvalue weighted by molar-refractivity contribution is 5.96. The van der Waals surface area contributed by atoms with E-state index in [2.05, 4.69) is 12.2 Å². The molecule has 2 amide bonds. The number of carbonyl (C=O) groups is 2. The zero-order chi connectivity index (χ0) is 17.0. The summed E-state index contributed by atoms with van der Waals surface area (Å²) in [7, 11) is 3.51. The van der Waals surface area contributed by atoms with Crippen LogP contribution in [0.4, 0.5) is 5.69 Å². The van der Waals surface area contributed by atoms with Crippen molar-refractivity contribution < 1.29 is 9.59 Å². The third-order valence-electron chi connectivity index (χ3n) is 4.18. The molecule has 0 bridgehead atoms. The van der Waals surface area contributed by atoms with Crippen molar-refractivity contribution in [3.8, 4) is 0 Å². The Hall–Kier alpha value is -2.10. The summed E-state index contributed by atoms with van der Waals surface area (Å²) in [5.74, 6) is 0.320. The summed E-state index contributed by atoms with van der Waals surface area (Å²) in [5, 5.41) is 0. The van der Waals surface area contributed by atoms with Gasteiger partial charge in [-0.1, -0.05) is 24.3 Å². The Morgan fingerprint density at radius 1 is 1.09 bits per heavy atom. The van der Waals surface area contributed by atoms with E-state index in [0.717, 1.165) is 24.1 Å². The van der Waals surface area contributed by atoms with Gasteiger partial charge in [0.1, 0.15) is 0 Å². The summed E-state index contributed by atoms with van der Waals surface area (Å²) in [6.07, 6.45) is 6.21. The van der Waals surface area contributed by atoms with Crippen LogP contribution in [-0.2, 0) is 16.0 Å². The average molecular weight is 314 g/mol. The molecule has 0 heterocycles. The van der Waals surface area contributed by atoms with E-state index in [1.165, 1.54) is 0 Å². The smallest absolute Gasteiger partial charge is 0.230 e. The molecule has 4 nitrogen and oxygen atoms in total. The van der Waals surface area contributed by atoms with Crippen LogP contribution in [0.3, 0.4) is 0 Å². The van der Waals surface area contributed by atoms with Gasteiger partial charge in [-0.3, -0.25) is 9.59 Å². The van der Waals surface area contributed by atoms with Crippen LogP contribution in [0.2, 0.25) is 0 Å². The molecule has 23 heavy (non-hydrogen) atoms. The van der Waals surface area contributed by atoms with E-state index < -0.39 is 0 Å². The van der Waals surface area contributed by atoms with Gasteiger partial charge in [0.25, 0.3) is 0 Å². The number of nitrogens with zero attached hydrogens (tertiary/aromatic N) is 2. The summed E-state index contributed by atoms with van der Waals surface area (Å²) >= 11 is 0. The molecule has 124 valence electrons. The van der Waals surface area contributed by atoms with Crippen LogP contribution in [0, 0.1) is 5.92 Å². The average Bonchev–Trinajstić information content (AvgIpc) is 3.03.